The van der Waals surface area contributed by atoms with Crippen molar-refractivity contribution >= 4 is 15.9 Å². The first-order valence-electron chi connectivity index (χ1n) is 8.14. The van der Waals surface area contributed by atoms with E-state index >= 15 is 0 Å². The zero-order valence-corrected chi connectivity index (χ0v) is 16.0. The van der Waals surface area contributed by atoms with Crippen LogP contribution in [0.1, 0.15) is 66.2 Å². The number of halogens is 1. The van der Waals surface area contributed by atoms with Crippen molar-refractivity contribution in [1.82, 2.24) is 0 Å². The van der Waals surface area contributed by atoms with Gasteiger partial charge in [0.2, 0.25) is 0 Å². The summed E-state index contributed by atoms with van der Waals surface area (Å²) in [6, 6.07) is 0. The van der Waals surface area contributed by atoms with Gasteiger partial charge >= 0.3 is 0 Å². The Kier molecular flexibility index (Phi) is 14.4. The summed E-state index contributed by atoms with van der Waals surface area (Å²) in [5.74, 6) is 0. The van der Waals surface area contributed by atoms with Crippen LogP contribution in [0.5, 0.6) is 0 Å². The Morgan fingerprint density at radius 3 is 2.10 bits per heavy atom. The summed E-state index contributed by atoms with van der Waals surface area (Å²) in [6.45, 7) is 10.4. The number of alkyl halides is 1. The molecular weight excluding hydrogens is 324 g/mol. The molecule has 0 heterocycles. The van der Waals surface area contributed by atoms with Gasteiger partial charge in [-0.15, -0.1) is 0 Å². The van der Waals surface area contributed by atoms with E-state index in [-0.39, 0.29) is 0 Å². The molecule has 0 aliphatic heterocycles. The monoisotopic (exact) mass is 356 g/mol. The number of unbranched alkanes of at least 4 members (excludes halogenated alkanes) is 1. The van der Waals surface area contributed by atoms with Crippen molar-refractivity contribution in [3.8, 4) is 0 Å². The van der Waals surface area contributed by atoms with Crippen molar-refractivity contribution in [2.75, 3.05) is 18.5 Å². The lowest BCUT2D eigenvalue weighted by Crippen LogP contribution is -1.95. The maximum Gasteiger partial charge on any atom is 0.0649 e. The van der Waals surface area contributed by atoms with Crippen LogP contribution in [-0.4, -0.2) is 18.5 Å². The van der Waals surface area contributed by atoms with E-state index in [2.05, 4.69) is 61.9 Å². The molecule has 0 aromatic rings. The highest BCUT2D eigenvalue weighted by Crippen LogP contribution is 2.11. The predicted molar refractivity (Wildman–Crippen MR) is 99.3 cm³/mol. The molecule has 2 heteroatoms. The van der Waals surface area contributed by atoms with E-state index in [1.807, 2.05) is 0 Å². The number of ether oxygens (including phenoxy) is 1. The molecule has 0 aromatic heterocycles. The van der Waals surface area contributed by atoms with Crippen LogP contribution in [0.2, 0.25) is 0 Å². The van der Waals surface area contributed by atoms with E-state index in [4.69, 9.17) is 4.74 Å². The van der Waals surface area contributed by atoms with Gasteiger partial charge in [-0.3, -0.25) is 0 Å². The van der Waals surface area contributed by atoms with E-state index < -0.39 is 0 Å². The third kappa shape index (κ3) is 15.9. The molecule has 0 aliphatic carbocycles. The number of allylic oxidation sites excluding steroid dienone is 5. The van der Waals surface area contributed by atoms with E-state index in [0.29, 0.717) is 0 Å². The number of rotatable bonds is 12. The van der Waals surface area contributed by atoms with Gasteiger partial charge in [-0.05, 0) is 66.2 Å². The van der Waals surface area contributed by atoms with E-state index in [1.54, 1.807) is 0 Å². The molecule has 0 saturated carbocycles. The minimum atomic E-state index is 0.761. The van der Waals surface area contributed by atoms with E-state index in [1.165, 1.54) is 36.0 Å². The molecule has 1 nitrogen and oxygen atoms in total. The molecule has 21 heavy (non-hydrogen) atoms. The van der Waals surface area contributed by atoms with E-state index in [9.17, 15) is 0 Å². The number of hydrogen-bond acceptors (Lipinski definition) is 1. The fraction of sp³-hybridized carbons (Fsp3) is 0.684. The molecule has 0 atom stereocenters. The van der Waals surface area contributed by atoms with Gasteiger partial charge in [0.1, 0.15) is 0 Å². The number of hydrogen-bond donors (Lipinski definition) is 0. The first-order chi connectivity index (χ1) is 10.1. The standard InChI is InChI=1S/C19H33BrO/c1-17(2)9-7-10-18(3)11-8-12-19(4)13-16-21-15-6-5-14-20/h9,11,13H,5-8,10,12,14-16H2,1-4H3. The lowest BCUT2D eigenvalue weighted by molar-refractivity contribution is 0.158. The Morgan fingerprint density at radius 1 is 0.857 bits per heavy atom. The lowest BCUT2D eigenvalue weighted by atomic mass is 10.1. The van der Waals surface area contributed by atoms with E-state index in [0.717, 1.165) is 37.8 Å². The van der Waals surface area contributed by atoms with Gasteiger partial charge in [0.25, 0.3) is 0 Å². The van der Waals surface area contributed by atoms with Gasteiger partial charge in [-0.2, -0.15) is 0 Å². The van der Waals surface area contributed by atoms with Gasteiger partial charge in [0.05, 0.1) is 6.61 Å². The highest BCUT2D eigenvalue weighted by atomic mass is 79.9. The molecule has 0 fully saturated rings. The van der Waals surface area contributed by atoms with Gasteiger partial charge in [-0.25, -0.2) is 0 Å². The second-order valence-electron chi connectivity index (χ2n) is 5.93. The van der Waals surface area contributed by atoms with Crippen LogP contribution in [0.4, 0.5) is 0 Å². The molecule has 0 radical (unpaired) electrons. The van der Waals surface area contributed by atoms with Gasteiger partial charge in [-0.1, -0.05) is 50.9 Å². The Labute approximate surface area is 140 Å². The van der Waals surface area contributed by atoms with Crippen LogP contribution in [0, 0.1) is 0 Å². The quantitative estimate of drug-likeness (QED) is 0.217. The molecule has 0 saturated heterocycles. The summed E-state index contributed by atoms with van der Waals surface area (Å²) in [5.41, 5.74) is 4.35. The van der Waals surface area contributed by atoms with Crippen molar-refractivity contribution in [2.24, 2.45) is 0 Å². The molecule has 0 aromatic carbocycles. The highest BCUT2D eigenvalue weighted by molar-refractivity contribution is 9.09. The van der Waals surface area contributed by atoms with Gasteiger partial charge in [0, 0.05) is 11.9 Å². The zero-order chi connectivity index (χ0) is 15.9. The summed E-state index contributed by atoms with van der Waals surface area (Å²) < 4.78 is 5.59. The average Bonchev–Trinajstić information content (AvgIpc) is 2.42. The highest BCUT2D eigenvalue weighted by Gasteiger charge is 1.92. The average molecular weight is 357 g/mol. The predicted octanol–water partition coefficient (Wildman–Crippen LogP) is 6.60. The lowest BCUT2D eigenvalue weighted by Gasteiger charge is -2.03. The molecule has 0 rings (SSSR count). The largest absolute Gasteiger partial charge is 0.377 e. The summed E-state index contributed by atoms with van der Waals surface area (Å²) in [7, 11) is 0. The van der Waals surface area contributed by atoms with Crippen molar-refractivity contribution in [3.63, 3.8) is 0 Å². The molecule has 0 spiro atoms. The van der Waals surface area contributed by atoms with Gasteiger partial charge < -0.3 is 4.74 Å². The normalized spacial score (nSPS) is 12.6. The van der Waals surface area contributed by atoms with Crippen molar-refractivity contribution < 1.29 is 4.74 Å². The molecule has 0 bridgehead atoms. The van der Waals surface area contributed by atoms with Crippen LogP contribution in [0.15, 0.2) is 34.9 Å². The first kappa shape index (κ1) is 20.7. The SMILES string of the molecule is CC(C)=CCCC(C)=CCCC(C)=CCOCCCCBr. The zero-order valence-electron chi connectivity index (χ0n) is 14.4. The fourth-order valence-corrected chi connectivity index (χ4v) is 2.32. The maximum absolute atomic E-state index is 5.59. The molecular formula is C19H33BrO. The Morgan fingerprint density at radius 2 is 1.48 bits per heavy atom. The molecule has 0 amide bonds. The van der Waals surface area contributed by atoms with Crippen LogP contribution < -0.4 is 0 Å². The molecule has 0 N–H and O–H groups in total. The van der Waals surface area contributed by atoms with Gasteiger partial charge in [0.15, 0.2) is 0 Å². The summed E-state index contributed by atoms with van der Waals surface area (Å²) in [5, 5.41) is 1.07. The fourth-order valence-electron chi connectivity index (χ4n) is 1.92. The summed E-state index contributed by atoms with van der Waals surface area (Å²) in [6.07, 6.45) is 13.9. The van der Waals surface area contributed by atoms with Crippen LogP contribution in [0.3, 0.4) is 0 Å². The second kappa shape index (κ2) is 14.6. The molecule has 122 valence electrons. The summed E-state index contributed by atoms with van der Waals surface area (Å²) >= 11 is 3.43. The Bertz CT molecular complexity index is 335. The Balaban J connectivity index is 3.71. The minimum Gasteiger partial charge on any atom is -0.377 e. The summed E-state index contributed by atoms with van der Waals surface area (Å²) in [4.78, 5) is 0. The van der Waals surface area contributed by atoms with Crippen LogP contribution >= 0.6 is 15.9 Å². The van der Waals surface area contributed by atoms with Crippen LogP contribution in [0.25, 0.3) is 0 Å². The van der Waals surface area contributed by atoms with Crippen molar-refractivity contribution in [2.45, 2.75) is 66.2 Å². The van der Waals surface area contributed by atoms with Crippen LogP contribution in [-0.2, 0) is 4.74 Å². The molecule has 0 aliphatic rings. The first-order valence-corrected chi connectivity index (χ1v) is 9.26. The molecule has 0 unspecified atom stereocenters. The smallest absolute Gasteiger partial charge is 0.0649 e. The van der Waals surface area contributed by atoms with Crippen molar-refractivity contribution in [3.05, 3.63) is 34.9 Å². The third-order valence-electron chi connectivity index (χ3n) is 3.34. The minimum absolute atomic E-state index is 0.761. The topological polar surface area (TPSA) is 9.23 Å². The maximum atomic E-state index is 5.59. The van der Waals surface area contributed by atoms with Crippen molar-refractivity contribution in [1.29, 1.82) is 0 Å². The second-order valence-corrected chi connectivity index (χ2v) is 6.72. The Hall–Kier alpha value is -0.340. The third-order valence-corrected chi connectivity index (χ3v) is 3.91.